The number of halogens is 1. The molecule has 0 fully saturated rings. The molecule has 0 unspecified atom stereocenters. The van der Waals surface area contributed by atoms with Crippen LogP contribution in [0.5, 0.6) is 11.5 Å². The highest BCUT2D eigenvalue weighted by Gasteiger charge is 2.32. The fraction of sp³-hybridized carbons (Fsp3) is 0.115. The van der Waals surface area contributed by atoms with Gasteiger partial charge in [-0.25, -0.2) is 8.96 Å². The van der Waals surface area contributed by atoms with E-state index >= 15 is 0 Å². The van der Waals surface area contributed by atoms with Crippen LogP contribution in [0.4, 0.5) is 4.39 Å². The summed E-state index contributed by atoms with van der Waals surface area (Å²) >= 11 is 0. The average molecular weight is 380 g/mol. The molecule has 0 radical (unpaired) electrons. The molecule has 0 N–H and O–H groups in total. The molecule has 2 nitrogen and oxygen atoms in total. The van der Waals surface area contributed by atoms with Gasteiger partial charge in [-0.15, -0.1) is 0 Å². The molecule has 0 atom stereocenters. The molecule has 4 aromatic carbocycles. The summed E-state index contributed by atoms with van der Waals surface area (Å²) in [5, 5.41) is 5.78. The van der Waals surface area contributed by atoms with Crippen molar-refractivity contribution in [1.29, 1.82) is 0 Å². The van der Waals surface area contributed by atoms with E-state index < -0.39 is 0 Å². The number of pyridine rings is 1. The highest BCUT2D eigenvalue weighted by molar-refractivity contribution is 6.16. The number of hydrogen-bond donors (Lipinski definition) is 0. The summed E-state index contributed by atoms with van der Waals surface area (Å²) in [6.45, 7) is 4.27. The maximum atomic E-state index is 14.8. The van der Waals surface area contributed by atoms with Gasteiger partial charge in [0, 0.05) is 22.4 Å². The second-order valence-electron chi connectivity index (χ2n) is 7.88. The first kappa shape index (κ1) is 16.5. The van der Waals surface area contributed by atoms with Gasteiger partial charge in [-0.3, -0.25) is 0 Å². The first-order valence-corrected chi connectivity index (χ1v) is 9.80. The Morgan fingerprint density at radius 2 is 1.59 bits per heavy atom. The Balaban J connectivity index is 1.88. The van der Waals surface area contributed by atoms with Crippen molar-refractivity contribution in [3.05, 3.63) is 77.7 Å². The van der Waals surface area contributed by atoms with Crippen molar-refractivity contribution in [2.24, 2.45) is 7.05 Å². The Morgan fingerprint density at radius 3 is 2.38 bits per heavy atom. The zero-order valence-corrected chi connectivity index (χ0v) is 16.5. The smallest absolute Gasteiger partial charge is 0.228 e. The van der Waals surface area contributed by atoms with Crippen molar-refractivity contribution >= 4 is 32.3 Å². The summed E-state index contributed by atoms with van der Waals surface area (Å²) in [5.41, 5.74) is 4.49. The van der Waals surface area contributed by atoms with Crippen LogP contribution in [-0.4, -0.2) is 0 Å². The molecule has 0 saturated heterocycles. The van der Waals surface area contributed by atoms with Crippen LogP contribution in [0.2, 0.25) is 0 Å². The van der Waals surface area contributed by atoms with E-state index in [0.717, 1.165) is 44.5 Å². The van der Waals surface area contributed by atoms with Gasteiger partial charge >= 0.3 is 0 Å². The molecule has 0 spiro atoms. The molecule has 5 aromatic rings. The molecule has 2 heterocycles. The highest BCUT2D eigenvalue weighted by Crippen LogP contribution is 2.51. The van der Waals surface area contributed by atoms with Gasteiger partial charge in [0.1, 0.15) is 24.4 Å². The first-order valence-electron chi connectivity index (χ1n) is 9.80. The zero-order valence-electron chi connectivity index (χ0n) is 16.5. The number of benzene rings is 4. The summed E-state index contributed by atoms with van der Waals surface area (Å²) in [7, 11) is 2.04. The average Bonchev–Trinajstić information content (AvgIpc) is 2.73. The van der Waals surface area contributed by atoms with Gasteiger partial charge in [-0.05, 0) is 47.7 Å². The van der Waals surface area contributed by atoms with Gasteiger partial charge in [0.25, 0.3) is 0 Å². The standard InChI is InChI=1S/C26H19FNO/c1-14-17-8-4-5-9-18(17)15(2)26-22(14)25-24-19(11-12-28(25)3)23-16(13-21(24)29-26)7-6-10-20(23)27/h4-13H,1-3H3/q+1. The molecule has 1 aromatic heterocycles. The quantitative estimate of drug-likeness (QED) is 0.217. The van der Waals surface area contributed by atoms with Crippen molar-refractivity contribution in [2.75, 3.05) is 0 Å². The van der Waals surface area contributed by atoms with Gasteiger partial charge in [0.15, 0.2) is 6.20 Å². The summed E-state index contributed by atoms with van der Waals surface area (Å²) in [5.74, 6) is 1.48. The second-order valence-corrected chi connectivity index (χ2v) is 7.88. The lowest BCUT2D eigenvalue weighted by molar-refractivity contribution is -0.659. The molecule has 0 amide bonds. The zero-order chi connectivity index (χ0) is 19.9. The molecule has 0 saturated carbocycles. The van der Waals surface area contributed by atoms with Gasteiger partial charge in [0.05, 0.1) is 10.9 Å². The maximum Gasteiger partial charge on any atom is 0.228 e. The number of rotatable bonds is 0. The minimum absolute atomic E-state index is 0.203. The monoisotopic (exact) mass is 380 g/mol. The SMILES string of the molecule is Cc1c2c(c(C)c3ccccc13)-c1c3c(cc4cccc(F)c4c3cc[n+]1C)O2. The fourth-order valence-electron chi connectivity index (χ4n) is 4.92. The minimum Gasteiger partial charge on any atom is -0.455 e. The summed E-state index contributed by atoms with van der Waals surface area (Å²) in [6, 6.07) is 17.6. The third-order valence-electron chi connectivity index (χ3n) is 6.30. The molecule has 0 bridgehead atoms. The van der Waals surface area contributed by atoms with E-state index in [2.05, 4.69) is 42.7 Å². The number of nitrogens with zero attached hydrogens (tertiary/aromatic N) is 1. The number of fused-ring (bicyclic) bond motifs is 5. The Hall–Kier alpha value is -3.46. The molecule has 1 aliphatic rings. The number of hydrogen-bond acceptors (Lipinski definition) is 1. The largest absolute Gasteiger partial charge is 0.455 e. The van der Waals surface area contributed by atoms with E-state index in [4.69, 9.17) is 4.74 Å². The van der Waals surface area contributed by atoms with E-state index in [1.54, 1.807) is 6.07 Å². The first-order chi connectivity index (χ1) is 14.1. The van der Waals surface area contributed by atoms with Crippen molar-refractivity contribution < 1.29 is 13.7 Å². The Bertz CT molecular complexity index is 1520. The molecule has 3 heteroatoms. The van der Waals surface area contributed by atoms with Crippen molar-refractivity contribution in [1.82, 2.24) is 0 Å². The van der Waals surface area contributed by atoms with E-state index in [1.165, 1.54) is 22.4 Å². The van der Waals surface area contributed by atoms with Crippen LogP contribution in [0, 0.1) is 19.7 Å². The van der Waals surface area contributed by atoms with Crippen molar-refractivity contribution in [2.45, 2.75) is 13.8 Å². The van der Waals surface area contributed by atoms with Gasteiger partial charge < -0.3 is 4.74 Å². The lowest BCUT2D eigenvalue weighted by Gasteiger charge is -2.24. The van der Waals surface area contributed by atoms with Gasteiger partial charge in [-0.1, -0.05) is 36.4 Å². The highest BCUT2D eigenvalue weighted by atomic mass is 19.1. The molecular formula is C26H19FNO+. The van der Waals surface area contributed by atoms with Crippen molar-refractivity contribution in [3.63, 3.8) is 0 Å². The van der Waals surface area contributed by atoms with Crippen LogP contribution in [0.15, 0.2) is 60.8 Å². The predicted octanol–water partition coefficient (Wildman–Crippen LogP) is 6.50. The Labute approximate surface area is 167 Å². The molecule has 29 heavy (non-hydrogen) atoms. The summed E-state index contributed by atoms with van der Waals surface area (Å²) in [4.78, 5) is 0. The van der Waals surface area contributed by atoms with Crippen LogP contribution in [0.25, 0.3) is 43.6 Å². The van der Waals surface area contributed by atoms with Gasteiger partial charge in [-0.2, -0.15) is 0 Å². The van der Waals surface area contributed by atoms with Crippen LogP contribution >= 0.6 is 0 Å². The van der Waals surface area contributed by atoms with Crippen molar-refractivity contribution in [3.8, 4) is 22.8 Å². The van der Waals surface area contributed by atoms with E-state index in [1.807, 2.05) is 31.4 Å². The lowest BCUT2D eigenvalue weighted by Crippen LogP contribution is -2.32. The normalized spacial score (nSPS) is 12.4. The van der Waals surface area contributed by atoms with Crippen LogP contribution in [-0.2, 0) is 7.05 Å². The van der Waals surface area contributed by atoms with Crippen LogP contribution in [0.3, 0.4) is 0 Å². The molecule has 0 aliphatic carbocycles. The summed E-state index contributed by atoms with van der Waals surface area (Å²) in [6.07, 6.45) is 2.02. The summed E-state index contributed by atoms with van der Waals surface area (Å²) < 4.78 is 23.5. The second kappa shape index (κ2) is 5.54. The Morgan fingerprint density at radius 1 is 0.828 bits per heavy atom. The van der Waals surface area contributed by atoms with Crippen LogP contribution in [0.1, 0.15) is 11.1 Å². The number of aryl methyl sites for hydroxylation is 3. The van der Waals surface area contributed by atoms with Crippen LogP contribution < -0.4 is 9.30 Å². The number of aromatic nitrogens is 1. The minimum atomic E-state index is -0.203. The maximum absolute atomic E-state index is 14.8. The van der Waals surface area contributed by atoms with E-state index in [0.29, 0.717) is 5.39 Å². The fourth-order valence-corrected chi connectivity index (χ4v) is 4.92. The lowest BCUT2D eigenvalue weighted by atomic mass is 9.88. The molecule has 140 valence electrons. The topological polar surface area (TPSA) is 13.1 Å². The molecular weight excluding hydrogens is 361 g/mol. The van der Waals surface area contributed by atoms with Gasteiger partial charge in [0.2, 0.25) is 5.69 Å². The Kier molecular flexibility index (Phi) is 3.15. The van der Waals surface area contributed by atoms with E-state index in [-0.39, 0.29) is 5.82 Å². The number of ether oxygens (including phenoxy) is 1. The predicted molar refractivity (Wildman–Crippen MR) is 115 cm³/mol. The molecule has 6 rings (SSSR count). The third kappa shape index (κ3) is 2.02. The molecule has 1 aliphatic heterocycles. The van der Waals surface area contributed by atoms with E-state index in [9.17, 15) is 4.39 Å². The third-order valence-corrected chi connectivity index (χ3v) is 6.30.